The minimum atomic E-state index is -3.84. The fraction of sp³-hybridized carbons (Fsp3) is 0.684. The number of nitrogens with zero attached hydrogens (tertiary/aromatic N) is 3. The summed E-state index contributed by atoms with van der Waals surface area (Å²) in [6.45, 7) is 6.27. The first-order valence-corrected chi connectivity index (χ1v) is 11.4. The second-order valence-electron chi connectivity index (χ2n) is 7.26. The Hall–Kier alpha value is -1.71. The highest BCUT2D eigenvalue weighted by Crippen LogP contribution is 2.34. The Morgan fingerprint density at radius 3 is 2.32 bits per heavy atom. The molecule has 0 unspecified atom stereocenters. The van der Waals surface area contributed by atoms with E-state index >= 15 is 0 Å². The molecule has 9 heteroatoms. The molecule has 0 bridgehead atoms. The van der Waals surface area contributed by atoms with Crippen LogP contribution in [0.5, 0.6) is 0 Å². The molecule has 1 aliphatic heterocycles. The largest absolute Gasteiger partial charge is 0.396 e. The third kappa shape index (κ3) is 5.21. The Kier molecular flexibility index (Phi) is 8.21. The van der Waals surface area contributed by atoms with Crippen LogP contribution in [-0.2, 0) is 10.0 Å². The number of sulfonamides is 1. The van der Waals surface area contributed by atoms with E-state index in [2.05, 4.69) is 0 Å². The molecule has 1 aliphatic rings. The summed E-state index contributed by atoms with van der Waals surface area (Å²) < 4.78 is 28.2. The fourth-order valence-electron chi connectivity index (χ4n) is 3.74. The number of rotatable bonds is 10. The molecule has 8 nitrogen and oxygen atoms in total. The van der Waals surface area contributed by atoms with Gasteiger partial charge in [0.05, 0.1) is 10.6 Å². The summed E-state index contributed by atoms with van der Waals surface area (Å²) in [7, 11) is -3.84. The van der Waals surface area contributed by atoms with Crippen LogP contribution in [0.2, 0.25) is 0 Å². The summed E-state index contributed by atoms with van der Waals surface area (Å²) in [5.41, 5.74) is 0.317. The van der Waals surface area contributed by atoms with Crippen LogP contribution in [0.4, 0.5) is 11.4 Å². The normalized spacial score (nSPS) is 16.2. The quantitative estimate of drug-likeness (QED) is 0.467. The van der Waals surface area contributed by atoms with Crippen molar-refractivity contribution in [3.63, 3.8) is 0 Å². The summed E-state index contributed by atoms with van der Waals surface area (Å²) in [6.07, 6.45) is 3.76. The van der Waals surface area contributed by atoms with E-state index in [1.807, 2.05) is 18.7 Å². The molecule has 1 N–H and O–H groups in total. The first kappa shape index (κ1) is 22.6. The van der Waals surface area contributed by atoms with Gasteiger partial charge in [-0.15, -0.1) is 0 Å². The molecular formula is C19H31N3O5S. The minimum absolute atomic E-state index is 0.0178. The van der Waals surface area contributed by atoms with Gasteiger partial charge in [-0.25, -0.2) is 8.42 Å². The molecule has 0 aliphatic carbocycles. The molecule has 1 fully saturated rings. The molecule has 28 heavy (non-hydrogen) atoms. The lowest BCUT2D eigenvalue weighted by Gasteiger charge is -2.33. The van der Waals surface area contributed by atoms with Gasteiger partial charge < -0.3 is 10.0 Å². The number of nitro groups is 1. The molecule has 0 atom stereocenters. The number of anilines is 1. The van der Waals surface area contributed by atoms with Gasteiger partial charge >= 0.3 is 0 Å². The van der Waals surface area contributed by atoms with Crippen LogP contribution in [0, 0.1) is 16.0 Å². The third-order valence-corrected chi connectivity index (χ3v) is 7.14. The summed E-state index contributed by atoms with van der Waals surface area (Å²) in [5.74, 6) is 0.317. The van der Waals surface area contributed by atoms with Gasteiger partial charge in [-0.05, 0) is 44.1 Å². The minimum Gasteiger partial charge on any atom is -0.396 e. The number of aliphatic hydroxyl groups is 1. The van der Waals surface area contributed by atoms with Crippen LogP contribution < -0.4 is 4.90 Å². The zero-order valence-electron chi connectivity index (χ0n) is 16.7. The molecule has 1 heterocycles. The molecule has 0 radical (unpaired) electrons. The van der Waals surface area contributed by atoms with Crippen molar-refractivity contribution in [3.8, 4) is 0 Å². The van der Waals surface area contributed by atoms with Gasteiger partial charge in [0.2, 0.25) is 10.0 Å². The molecule has 0 spiro atoms. The predicted octanol–water partition coefficient (Wildman–Crippen LogP) is 3.00. The van der Waals surface area contributed by atoms with E-state index < -0.39 is 14.9 Å². The lowest BCUT2D eigenvalue weighted by atomic mass is 9.95. The first-order chi connectivity index (χ1) is 13.3. The maximum Gasteiger partial charge on any atom is 0.270 e. The van der Waals surface area contributed by atoms with Crippen LogP contribution in [-0.4, -0.2) is 55.5 Å². The van der Waals surface area contributed by atoms with Crippen molar-refractivity contribution in [3.05, 3.63) is 28.3 Å². The molecule has 1 saturated heterocycles. The maximum absolute atomic E-state index is 13.4. The Bertz CT molecular complexity index is 755. The van der Waals surface area contributed by atoms with Crippen LogP contribution in [0.1, 0.15) is 46.0 Å². The topological polar surface area (TPSA) is 104 Å². The van der Waals surface area contributed by atoms with Gasteiger partial charge in [-0.2, -0.15) is 4.31 Å². The van der Waals surface area contributed by atoms with Crippen LogP contribution >= 0.6 is 0 Å². The van der Waals surface area contributed by atoms with Crippen LogP contribution in [0.3, 0.4) is 0 Å². The number of hydrogen-bond acceptors (Lipinski definition) is 6. The third-order valence-electron chi connectivity index (χ3n) is 5.21. The van der Waals surface area contributed by atoms with Gasteiger partial charge in [0.25, 0.3) is 5.69 Å². The lowest BCUT2D eigenvalue weighted by molar-refractivity contribution is -0.385. The number of aliphatic hydroxyl groups excluding tert-OH is 1. The van der Waals surface area contributed by atoms with Crippen LogP contribution in [0.15, 0.2) is 23.1 Å². The number of benzene rings is 1. The lowest BCUT2D eigenvalue weighted by Crippen LogP contribution is -2.39. The van der Waals surface area contributed by atoms with E-state index in [0.29, 0.717) is 57.0 Å². The standard InChI is InChI=1S/C19H31N3O5S/c1-3-10-20(11-4-2)18-6-5-17(22(24)25)15-19(18)28(26,27)21-12-7-16(8-13-21)9-14-23/h5-6,15-16,23H,3-4,7-14H2,1-2H3. The number of nitro benzene ring substituents is 1. The predicted molar refractivity (Wildman–Crippen MR) is 109 cm³/mol. The summed E-state index contributed by atoms with van der Waals surface area (Å²) in [6, 6.07) is 4.14. The average Bonchev–Trinajstić information content (AvgIpc) is 2.68. The van der Waals surface area contributed by atoms with E-state index in [0.717, 1.165) is 12.8 Å². The van der Waals surface area contributed by atoms with Gasteiger partial charge in [0.15, 0.2) is 0 Å². The number of hydrogen-bond donors (Lipinski definition) is 1. The van der Waals surface area contributed by atoms with E-state index in [9.17, 15) is 18.5 Å². The van der Waals surface area contributed by atoms with E-state index in [-0.39, 0.29) is 17.2 Å². The maximum atomic E-state index is 13.4. The Balaban J connectivity index is 2.42. The van der Waals surface area contributed by atoms with Crippen molar-refractivity contribution < 1.29 is 18.4 Å². The zero-order valence-corrected chi connectivity index (χ0v) is 17.5. The molecule has 0 amide bonds. The summed E-state index contributed by atoms with van der Waals surface area (Å²) in [4.78, 5) is 12.7. The number of piperidine rings is 1. The van der Waals surface area contributed by atoms with Gasteiger partial charge in [0.1, 0.15) is 4.90 Å². The molecule has 1 aromatic carbocycles. The van der Waals surface area contributed by atoms with Crippen molar-refractivity contribution in [1.29, 1.82) is 0 Å². The first-order valence-electron chi connectivity index (χ1n) is 9.99. The second kappa shape index (κ2) is 10.2. The molecule has 0 aromatic heterocycles. The monoisotopic (exact) mass is 413 g/mol. The highest BCUT2D eigenvalue weighted by molar-refractivity contribution is 7.89. The Morgan fingerprint density at radius 2 is 1.82 bits per heavy atom. The summed E-state index contributed by atoms with van der Waals surface area (Å²) in [5, 5.41) is 20.4. The van der Waals surface area contributed by atoms with Crippen molar-refractivity contribution in [2.24, 2.45) is 5.92 Å². The Labute approximate surface area is 167 Å². The van der Waals surface area contributed by atoms with Crippen LogP contribution in [0.25, 0.3) is 0 Å². The van der Waals surface area contributed by atoms with E-state index in [1.54, 1.807) is 6.07 Å². The van der Waals surface area contributed by atoms with Crippen molar-refractivity contribution in [2.75, 3.05) is 37.7 Å². The Morgan fingerprint density at radius 1 is 1.21 bits per heavy atom. The average molecular weight is 414 g/mol. The molecule has 158 valence electrons. The van der Waals surface area contributed by atoms with Gasteiger partial charge in [0, 0.05) is 44.9 Å². The summed E-state index contributed by atoms with van der Waals surface area (Å²) >= 11 is 0. The zero-order chi connectivity index (χ0) is 20.7. The van der Waals surface area contributed by atoms with E-state index in [1.165, 1.54) is 16.4 Å². The van der Waals surface area contributed by atoms with E-state index in [4.69, 9.17) is 5.11 Å². The van der Waals surface area contributed by atoms with Crippen molar-refractivity contribution >= 4 is 21.4 Å². The highest BCUT2D eigenvalue weighted by atomic mass is 32.2. The fourth-order valence-corrected chi connectivity index (χ4v) is 5.44. The van der Waals surface area contributed by atoms with Gasteiger partial charge in [-0.3, -0.25) is 10.1 Å². The molecular weight excluding hydrogens is 382 g/mol. The highest BCUT2D eigenvalue weighted by Gasteiger charge is 2.33. The molecule has 2 rings (SSSR count). The SMILES string of the molecule is CCCN(CCC)c1ccc([N+](=O)[O-])cc1S(=O)(=O)N1CCC(CCO)CC1. The molecule has 1 aromatic rings. The van der Waals surface area contributed by atoms with Crippen molar-refractivity contribution in [2.45, 2.75) is 50.8 Å². The van der Waals surface area contributed by atoms with Gasteiger partial charge in [-0.1, -0.05) is 13.8 Å². The van der Waals surface area contributed by atoms with Crippen molar-refractivity contribution in [1.82, 2.24) is 4.31 Å². The molecule has 0 saturated carbocycles. The smallest absolute Gasteiger partial charge is 0.270 e. The second-order valence-corrected chi connectivity index (χ2v) is 9.16. The number of non-ortho nitro benzene ring substituents is 1.